The van der Waals surface area contributed by atoms with E-state index < -0.39 is 17.4 Å². The fourth-order valence-corrected chi connectivity index (χ4v) is 2.64. The summed E-state index contributed by atoms with van der Waals surface area (Å²) in [7, 11) is 1.52. The molecule has 2 aromatic heterocycles. The lowest BCUT2D eigenvalue weighted by atomic mass is 10.1. The van der Waals surface area contributed by atoms with Crippen LogP contribution in [-0.2, 0) is 13.6 Å². The van der Waals surface area contributed by atoms with E-state index in [-0.39, 0.29) is 23.7 Å². The predicted octanol–water partition coefficient (Wildman–Crippen LogP) is 0.640. The molecule has 0 saturated carbocycles. The molecule has 3 aromatic rings. The minimum Gasteiger partial charge on any atom is -0.392 e. The number of aliphatic hydroxyl groups excluding tert-OH is 1. The minimum absolute atomic E-state index is 0.125. The van der Waals surface area contributed by atoms with E-state index in [9.17, 15) is 14.7 Å². The number of nitrogens with zero attached hydrogens (tertiary/aromatic N) is 4. The lowest BCUT2D eigenvalue weighted by Gasteiger charge is -2.10. The highest BCUT2D eigenvalue weighted by Gasteiger charge is 2.18. The first-order valence-corrected chi connectivity index (χ1v) is 8.12. The molecule has 1 unspecified atom stereocenters. The Balaban J connectivity index is 2.10. The Hall–Kier alpha value is -3.20. The van der Waals surface area contributed by atoms with Gasteiger partial charge in [-0.1, -0.05) is 30.3 Å². The standard InChI is InChI=1S/C17H20N6O3/c1-10(24)9-23-13-14(22(3)17(26)19-15(13)25)18-16(23)21-20-11(2)12-7-5-4-6-8-12/h4-8,10,24H,9H2,1-3H3,(H,18,21)(H,19,25,26). The number of anilines is 1. The Bertz CT molecular complexity index is 1080. The highest BCUT2D eigenvalue weighted by atomic mass is 16.3. The summed E-state index contributed by atoms with van der Waals surface area (Å²) >= 11 is 0. The van der Waals surface area contributed by atoms with Gasteiger partial charge in [-0.05, 0) is 19.4 Å². The SMILES string of the molecule is CC(=NNc1nc2c(c(=O)[nH]c(=O)n2C)n1CC(C)O)c1ccccc1. The van der Waals surface area contributed by atoms with Crippen LogP contribution in [0, 0.1) is 0 Å². The molecule has 0 saturated heterocycles. The van der Waals surface area contributed by atoms with Crippen LogP contribution in [0.4, 0.5) is 5.95 Å². The van der Waals surface area contributed by atoms with Crippen molar-refractivity contribution in [2.45, 2.75) is 26.5 Å². The molecule has 0 amide bonds. The average molecular weight is 356 g/mol. The number of hydrogen-bond acceptors (Lipinski definition) is 6. The maximum absolute atomic E-state index is 12.3. The van der Waals surface area contributed by atoms with E-state index in [0.717, 1.165) is 11.3 Å². The van der Waals surface area contributed by atoms with E-state index in [1.807, 2.05) is 37.3 Å². The summed E-state index contributed by atoms with van der Waals surface area (Å²) in [4.78, 5) is 30.6. The average Bonchev–Trinajstić information content (AvgIpc) is 2.97. The lowest BCUT2D eigenvalue weighted by molar-refractivity contribution is 0.175. The monoisotopic (exact) mass is 356 g/mol. The second kappa shape index (κ2) is 6.96. The summed E-state index contributed by atoms with van der Waals surface area (Å²) < 4.78 is 2.76. The summed E-state index contributed by atoms with van der Waals surface area (Å²) in [6, 6.07) is 9.58. The van der Waals surface area contributed by atoms with Crippen molar-refractivity contribution in [2.75, 3.05) is 5.43 Å². The number of hydrazone groups is 1. The van der Waals surface area contributed by atoms with Gasteiger partial charge in [0.25, 0.3) is 5.56 Å². The number of H-pyrrole nitrogens is 1. The van der Waals surface area contributed by atoms with E-state index in [2.05, 4.69) is 20.5 Å². The first kappa shape index (κ1) is 17.6. The number of imidazole rings is 1. The summed E-state index contributed by atoms with van der Waals surface area (Å²) in [5, 5.41) is 14.1. The zero-order chi connectivity index (χ0) is 18.8. The molecule has 0 aliphatic carbocycles. The summed E-state index contributed by atoms with van der Waals surface area (Å²) in [6.45, 7) is 3.57. The van der Waals surface area contributed by atoms with Crippen molar-refractivity contribution < 1.29 is 5.11 Å². The Morgan fingerprint density at radius 1 is 1.35 bits per heavy atom. The van der Waals surface area contributed by atoms with Crippen molar-refractivity contribution in [3.63, 3.8) is 0 Å². The number of nitrogens with one attached hydrogen (secondary N) is 2. The predicted molar refractivity (Wildman–Crippen MR) is 99.6 cm³/mol. The Labute approximate surface area is 148 Å². The third kappa shape index (κ3) is 3.29. The van der Waals surface area contributed by atoms with Gasteiger partial charge in [0.1, 0.15) is 0 Å². The molecule has 0 fully saturated rings. The third-order valence-corrected chi connectivity index (χ3v) is 3.97. The molecule has 3 N–H and O–H groups in total. The Morgan fingerprint density at radius 3 is 2.69 bits per heavy atom. The molecule has 3 rings (SSSR count). The Morgan fingerprint density at radius 2 is 2.04 bits per heavy atom. The van der Waals surface area contributed by atoms with Crippen LogP contribution in [0.3, 0.4) is 0 Å². The molecule has 1 aromatic carbocycles. The van der Waals surface area contributed by atoms with E-state index >= 15 is 0 Å². The number of rotatable bonds is 5. The molecule has 9 nitrogen and oxygen atoms in total. The summed E-state index contributed by atoms with van der Waals surface area (Å²) in [5.41, 5.74) is 3.80. The van der Waals surface area contributed by atoms with Crippen molar-refractivity contribution in [3.05, 3.63) is 56.7 Å². The van der Waals surface area contributed by atoms with E-state index in [4.69, 9.17) is 0 Å². The minimum atomic E-state index is -0.719. The number of fused-ring (bicyclic) bond motifs is 1. The maximum atomic E-state index is 12.3. The van der Waals surface area contributed by atoms with Crippen LogP contribution < -0.4 is 16.7 Å². The molecular formula is C17H20N6O3. The zero-order valence-electron chi connectivity index (χ0n) is 14.7. The van der Waals surface area contributed by atoms with Crippen molar-refractivity contribution in [1.82, 2.24) is 19.1 Å². The fraction of sp³-hybridized carbons (Fsp3) is 0.294. The van der Waals surface area contributed by atoms with Crippen LogP contribution in [0.2, 0.25) is 0 Å². The van der Waals surface area contributed by atoms with Gasteiger partial charge in [-0.2, -0.15) is 10.1 Å². The van der Waals surface area contributed by atoms with Crippen LogP contribution in [0.1, 0.15) is 19.4 Å². The number of aromatic nitrogens is 4. The van der Waals surface area contributed by atoms with Gasteiger partial charge in [-0.3, -0.25) is 14.3 Å². The molecule has 136 valence electrons. The van der Waals surface area contributed by atoms with Gasteiger partial charge in [0.15, 0.2) is 11.2 Å². The quantitative estimate of drug-likeness (QED) is 0.458. The van der Waals surface area contributed by atoms with Gasteiger partial charge < -0.3 is 9.67 Å². The largest absolute Gasteiger partial charge is 0.392 e. The highest BCUT2D eigenvalue weighted by Crippen LogP contribution is 2.16. The fourth-order valence-electron chi connectivity index (χ4n) is 2.64. The van der Waals surface area contributed by atoms with Gasteiger partial charge in [0.05, 0.1) is 18.4 Å². The molecule has 1 atom stereocenters. The van der Waals surface area contributed by atoms with E-state index in [0.29, 0.717) is 0 Å². The van der Waals surface area contributed by atoms with E-state index in [1.54, 1.807) is 6.92 Å². The van der Waals surface area contributed by atoms with Gasteiger partial charge in [0.2, 0.25) is 5.95 Å². The molecule has 26 heavy (non-hydrogen) atoms. The second-order valence-electron chi connectivity index (χ2n) is 6.06. The first-order chi connectivity index (χ1) is 12.4. The van der Waals surface area contributed by atoms with Crippen molar-refractivity contribution in [3.8, 4) is 0 Å². The van der Waals surface area contributed by atoms with Gasteiger partial charge in [0, 0.05) is 7.05 Å². The normalized spacial score (nSPS) is 13.2. The van der Waals surface area contributed by atoms with Crippen LogP contribution in [0.25, 0.3) is 11.2 Å². The van der Waals surface area contributed by atoms with Gasteiger partial charge in [-0.25, -0.2) is 10.2 Å². The third-order valence-electron chi connectivity index (χ3n) is 3.97. The summed E-state index contributed by atoms with van der Waals surface area (Å²) in [5.74, 6) is 0.267. The lowest BCUT2D eigenvalue weighted by Crippen LogP contribution is -2.29. The van der Waals surface area contributed by atoms with Crippen LogP contribution in [-0.4, -0.2) is 36.0 Å². The van der Waals surface area contributed by atoms with Crippen LogP contribution in [0.5, 0.6) is 0 Å². The molecule has 0 aliphatic heterocycles. The molecule has 2 heterocycles. The number of aromatic amines is 1. The molecular weight excluding hydrogens is 336 g/mol. The smallest absolute Gasteiger partial charge is 0.329 e. The van der Waals surface area contributed by atoms with Crippen molar-refractivity contribution in [1.29, 1.82) is 0 Å². The second-order valence-corrected chi connectivity index (χ2v) is 6.06. The molecule has 0 spiro atoms. The Kier molecular flexibility index (Phi) is 4.72. The first-order valence-electron chi connectivity index (χ1n) is 8.12. The molecule has 0 bridgehead atoms. The van der Waals surface area contributed by atoms with Gasteiger partial charge >= 0.3 is 5.69 Å². The summed E-state index contributed by atoms with van der Waals surface area (Å²) in [6.07, 6.45) is -0.719. The van der Waals surface area contributed by atoms with E-state index in [1.165, 1.54) is 16.2 Å². The number of aryl methyl sites for hydroxylation is 1. The van der Waals surface area contributed by atoms with Crippen molar-refractivity contribution in [2.24, 2.45) is 12.1 Å². The van der Waals surface area contributed by atoms with Crippen LogP contribution >= 0.6 is 0 Å². The number of aliphatic hydroxyl groups is 1. The highest BCUT2D eigenvalue weighted by molar-refractivity contribution is 5.99. The zero-order valence-corrected chi connectivity index (χ0v) is 14.7. The molecule has 0 aliphatic rings. The number of hydrogen-bond donors (Lipinski definition) is 3. The molecule has 0 radical (unpaired) electrons. The topological polar surface area (TPSA) is 117 Å². The van der Waals surface area contributed by atoms with Crippen LogP contribution in [0.15, 0.2) is 45.0 Å². The molecule has 9 heteroatoms. The van der Waals surface area contributed by atoms with Gasteiger partial charge in [-0.15, -0.1) is 0 Å². The van der Waals surface area contributed by atoms with Crippen molar-refractivity contribution >= 4 is 22.8 Å². The maximum Gasteiger partial charge on any atom is 0.329 e. The number of benzene rings is 1.